The van der Waals surface area contributed by atoms with Gasteiger partial charge in [0.05, 0.1) is 17.3 Å². The summed E-state index contributed by atoms with van der Waals surface area (Å²) in [7, 11) is 0. The maximum absolute atomic E-state index is 14.8. The normalized spacial score (nSPS) is 21.2. The fourth-order valence-corrected chi connectivity index (χ4v) is 7.31. The number of nitrogens with one attached hydrogen (secondary N) is 1. The highest BCUT2D eigenvalue weighted by Gasteiger charge is 2.39. The first-order valence-corrected chi connectivity index (χ1v) is 14.2. The van der Waals surface area contributed by atoms with Crippen molar-refractivity contribution in [3.8, 4) is 11.1 Å². The first-order valence-electron chi connectivity index (χ1n) is 13.2. The topological polar surface area (TPSA) is 63.1 Å². The van der Waals surface area contributed by atoms with Gasteiger partial charge in [-0.3, -0.25) is 9.55 Å². The number of anilines is 1. The zero-order chi connectivity index (χ0) is 29.1. The molecule has 0 aliphatic carbocycles. The molecule has 2 aromatic heterocycles. The summed E-state index contributed by atoms with van der Waals surface area (Å²) in [6, 6.07) is 7.43. The molecule has 1 N–H and O–H groups in total. The maximum atomic E-state index is 14.8. The van der Waals surface area contributed by atoms with Gasteiger partial charge < -0.3 is 10.2 Å². The average Bonchev–Trinajstić information content (AvgIpc) is 3.11. The van der Waals surface area contributed by atoms with Gasteiger partial charge in [0, 0.05) is 65.4 Å². The number of aromatic nitrogens is 3. The summed E-state index contributed by atoms with van der Waals surface area (Å²) in [6.07, 6.45) is -2.24. The molecule has 41 heavy (non-hydrogen) atoms. The Labute approximate surface area is 236 Å². The molecular weight excluding hydrogens is 561 g/mol. The van der Waals surface area contributed by atoms with Gasteiger partial charge in [0.15, 0.2) is 0 Å². The summed E-state index contributed by atoms with van der Waals surface area (Å²) in [4.78, 5) is 23.9. The number of rotatable bonds is 3. The number of hydrogen-bond acceptors (Lipinski definition) is 6. The smallest absolute Gasteiger partial charge is 0.353 e. The van der Waals surface area contributed by atoms with E-state index in [9.17, 15) is 26.7 Å². The van der Waals surface area contributed by atoms with E-state index in [2.05, 4.69) is 15.3 Å². The molecular formula is C29H26F5N5OS. The maximum Gasteiger partial charge on any atom is 0.417 e. The lowest BCUT2D eigenvalue weighted by molar-refractivity contribution is -0.137. The Bertz CT molecular complexity index is 1680. The Morgan fingerprint density at radius 3 is 2.39 bits per heavy atom. The fraction of sp³-hybridized carbons (Fsp3) is 0.345. The molecule has 0 saturated carbocycles. The molecule has 1 fully saturated rings. The van der Waals surface area contributed by atoms with Gasteiger partial charge >= 0.3 is 11.9 Å². The number of nitrogens with zero attached hydrogens (tertiary/aromatic N) is 4. The molecule has 3 atom stereocenters. The second kappa shape index (κ2) is 10.4. The van der Waals surface area contributed by atoms with Crippen molar-refractivity contribution in [3.63, 3.8) is 0 Å². The Morgan fingerprint density at radius 1 is 1.02 bits per heavy atom. The van der Waals surface area contributed by atoms with Crippen LogP contribution in [0.2, 0.25) is 0 Å². The number of alkyl halides is 3. The van der Waals surface area contributed by atoms with Gasteiger partial charge in [0.2, 0.25) is 0 Å². The first kappa shape index (κ1) is 27.6. The van der Waals surface area contributed by atoms with Gasteiger partial charge in [-0.2, -0.15) is 18.2 Å². The summed E-state index contributed by atoms with van der Waals surface area (Å²) in [5, 5.41) is 3.59. The van der Waals surface area contributed by atoms with Crippen LogP contribution in [0.15, 0.2) is 58.5 Å². The van der Waals surface area contributed by atoms with Crippen molar-refractivity contribution in [3.05, 3.63) is 82.0 Å². The lowest BCUT2D eigenvalue weighted by Crippen LogP contribution is -2.55. The largest absolute Gasteiger partial charge is 0.417 e. The van der Waals surface area contributed by atoms with Gasteiger partial charge in [-0.25, -0.2) is 13.6 Å². The fourth-order valence-electron chi connectivity index (χ4n) is 5.93. The van der Waals surface area contributed by atoms with Crippen LogP contribution in [0.4, 0.5) is 27.8 Å². The molecule has 0 unspecified atom stereocenters. The highest BCUT2D eigenvalue weighted by molar-refractivity contribution is 7.99. The quantitative estimate of drug-likeness (QED) is 0.305. The van der Waals surface area contributed by atoms with Crippen LogP contribution < -0.4 is 15.9 Å². The standard InChI is InChI=1S/C29H26F5N5OS/c1-15-11-38(12-16(2)36-15)27-21-9-22(29(32,33)34)24(17-3-5-19(30)6-4-17)26-25(21)39(28(40)37-27)13-18(14-41-26)20-7-8-35-10-23(20)31/h3-10,15-16,18,36H,11-14H2,1-2H3/t15-,16+,18-/m0/s1. The zero-order valence-corrected chi connectivity index (χ0v) is 23.0. The van der Waals surface area contributed by atoms with Crippen molar-refractivity contribution < 1.29 is 22.0 Å². The van der Waals surface area contributed by atoms with E-state index in [-0.39, 0.29) is 51.6 Å². The second-order valence-electron chi connectivity index (χ2n) is 10.6. The van der Waals surface area contributed by atoms with Crippen molar-refractivity contribution in [2.45, 2.75) is 49.5 Å². The average molecular weight is 588 g/mol. The summed E-state index contributed by atoms with van der Waals surface area (Å²) in [5.41, 5.74) is -0.880. The molecule has 6 rings (SSSR count). The molecule has 0 amide bonds. The summed E-state index contributed by atoms with van der Waals surface area (Å²) < 4.78 is 74.4. The zero-order valence-electron chi connectivity index (χ0n) is 22.2. The molecule has 12 heteroatoms. The van der Waals surface area contributed by atoms with Crippen LogP contribution >= 0.6 is 11.8 Å². The third-order valence-corrected chi connectivity index (χ3v) is 8.82. The van der Waals surface area contributed by atoms with Gasteiger partial charge in [0.25, 0.3) is 0 Å². The van der Waals surface area contributed by atoms with E-state index < -0.39 is 35.0 Å². The lowest BCUT2D eigenvalue weighted by atomic mass is 9.96. The lowest BCUT2D eigenvalue weighted by Gasteiger charge is -2.37. The number of hydrogen-bond donors (Lipinski definition) is 1. The summed E-state index contributed by atoms with van der Waals surface area (Å²) in [6.45, 7) is 4.84. The molecule has 0 spiro atoms. The Balaban J connectivity index is 1.68. The Morgan fingerprint density at radius 2 is 1.73 bits per heavy atom. The van der Waals surface area contributed by atoms with Crippen molar-refractivity contribution >= 4 is 28.5 Å². The van der Waals surface area contributed by atoms with E-state index in [0.29, 0.717) is 24.2 Å². The molecule has 0 bridgehead atoms. The summed E-state index contributed by atoms with van der Waals surface area (Å²) >= 11 is 1.14. The molecule has 2 aliphatic rings. The number of pyridine rings is 1. The predicted molar refractivity (Wildman–Crippen MR) is 148 cm³/mol. The first-order chi connectivity index (χ1) is 19.5. The van der Waals surface area contributed by atoms with E-state index in [1.165, 1.54) is 29.0 Å². The minimum Gasteiger partial charge on any atom is -0.353 e. The predicted octanol–water partition coefficient (Wildman–Crippen LogP) is 5.83. The van der Waals surface area contributed by atoms with E-state index in [4.69, 9.17) is 0 Å². The SMILES string of the molecule is C[C@@H]1CN(c2nc(=O)n3c4c(c(-c5ccc(F)cc5)c(C(F)(F)F)cc24)SC[C@@H](c2ccncc2F)C3)C[C@H](C)N1. The molecule has 4 aromatic rings. The van der Waals surface area contributed by atoms with E-state index in [0.717, 1.165) is 36.2 Å². The van der Waals surface area contributed by atoms with Crippen molar-refractivity contribution in [2.24, 2.45) is 0 Å². The van der Waals surface area contributed by atoms with Crippen molar-refractivity contribution in [2.75, 3.05) is 23.7 Å². The number of thioether (sulfide) groups is 1. The number of halogens is 5. The van der Waals surface area contributed by atoms with Crippen molar-refractivity contribution in [1.82, 2.24) is 19.9 Å². The number of benzene rings is 2. The number of piperazine rings is 1. The van der Waals surface area contributed by atoms with Gasteiger partial charge in [0.1, 0.15) is 17.5 Å². The van der Waals surface area contributed by atoms with E-state index >= 15 is 0 Å². The van der Waals surface area contributed by atoms with Crippen molar-refractivity contribution in [1.29, 1.82) is 0 Å². The molecule has 2 aromatic carbocycles. The molecule has 4 heterocycles. The van der Waals surface area contributed by atoms with Crippen LogP contribution in [-0.2, 0) is 12.7 Å². The minimum absolute atomic E-state index is 0.0159. The molecule has 0 radical (unpaired) electrons. The molecule has 6 nitrogen and oxygen atoms in total. The van der Waals surface area contributed by atoms with Gasteiger partial charge in [-0.15, -0.1) is 11.8 Å². The summed E-state index contributed by atoms with van der Waals surface area (Å²) in [5.74, 6) is -1.30. The van der Waals surface area contributed by atoms with E-state index in [1.54, 1.807) is 0 Å². The molecule has 1 saturated heterocycles. The highest BCUT2D eigenvalue weighted by Crippen LogP contribution is 2.49. The third-order valence-electron chi connectivity index (χ3n) is 7.57. The van der Waals surface area contributed by atoms with Gasteiger partial charge in [-0.1, -0.05) is 12.1 Å². The van der Waals surface area contributed by atoms with Crippen LogP contribution in [0.5, 0.6) is 0 Å². The molecule has 214 valence electrons. The van der Waals surface area contributed by atoms with Crippen LogP contribution in [0.3, 0.4) is 0 Å². The molecule has 2 aliphatic heterocycles. The van der Waals surface area contributed by atoms with Gasteiger partial charge in [-0.05, 0) is 49.2 Å². The second-order valence-corrected chi connectivity index (χ2v) is 11.7. The Kier molecular flexibility index (Phi) is 7.01. The van der Waals surface area contributed by atoms with Crippen LogP contribution in [0, 0.1) is 11.6 Å². The Hall–Kier alpha value is -3.51. The van der Waals surface area contributed by atoms with Crippen LogP contribution in [-0.4, -0.2) is 45.5 Å². The van der Waals surface area contributed by atoms with Crippen LogP contribution in [0.1, 0.15) is 30.9 Å². The highest BCUT2D eigenvalue weighted by atomic mass is 32.2. The van der Waals surface area contributed by atoms with Crippen LogP contribution in [0.25, 0.3) is 22.0 Å². The minimum atomic E-state index is -4.76. The monoisotopic (exact) mass is 587 g/mol. The van der Waals surface area contributed by atoms with E-state index in [1.807, 2.05) is 18.7 Å². The third kappa shape index (κ3) is 5.07.